The lowest BCUT2D eigenvalue weighted by Crippen LogP contribution is -2.23. The Bertz CT molecular complexity index is 724. The molecule has 0 radical (unpaired) electrons. The van der Waals surface area contributed by atoms with E-state index in [1.165, 1.54) is 24.6 Å². The molecule has 4 nitrogen and oxygen atoms in total. The van der Waals surface area contributed by atoms with E-state index in [0.717, 1.165) is 34.4 Å². The first-order chi connectivity index (χ1) is 11.2. The van der Waals surface area contributed by atoms with Gasteiger partial charge in [-0.2, -0.15) is 5.10 Å². The van der Waals surface area contributed by atoms with Gasteiger partial charge >= 0.3 is 0 Å². The lowest BCUT2D eigenvalue weighted by Gasteiger charge is -2.18. The van der Waals surface area contributed by atoms with Gasteiger partial charge < -0.3 is 0 Å². The molecule has 0 bridgehead atoms. The Morgan fingerprint density at radius 3 is 3.13 bits per heavy atom. The Kier molecular flexibility index (Phi) is 5.28. The minimum absolute atomic E-state index is 0.0614. The monoisotopic (exact) mass is 327 g/mol. The minimum Gasteiger partial charge on any atom is -0.272 e. The van der Waals surface area contributed by atoms with E-state index in [0.29, 0.717) is 11.7 Å². The van der Waals surface area contributed by atoms with Gasteiger partial charge in [-0.05, 0) is 43.7 Å². The van der Waals surface area contributed by atoms with Crippen molar-refractivity contribution in [3.8, 4) is 0 Å². The van der Waals surface area contributed by atoms with Crippen LogP contribution < -0.4 is 5.43 Å². The van der Waals surface area contributed by atoms with Crippen molar-refractivity contribution >= 4 is 34.3 Å². The Labute approximate surface area is 140 Å². The molecule has 1 aliphatic rings. The molecule has 0 saturated heterocycles. The number of amides is 1. The SMILES string of the molecule is C[C@@H]1CCC/C(=N/NC(=O)CSc2cccc3cccnc23)C1. The summed E-state index contributed by atoms with van der Waals surface area (Å²) in [6.45, 7) is 2.24. The Hall–Kier alpha value is -1.88. The average Bonchev–Trinajstić information content (AvgIpc) is 2.58. The maximum Gasteiger partial charge on any atom is 0.250 e. The van der Waals surface area contributed by atoms with Crippen LogP contribution in [0.15, 0.2) is 46.5 Å². The van der Waals surface area contributed by atoms with Crippen molar-refractivity contribution in [3.63, 3.8) is 0 Å². The Balaban J connectivity index is 1.57. The normalized spacial score (nSPS) is 19.9. The number of fused-ring (bicyclic) bond motifs is 1. The van der Waals surface area contributed by atoms with Gasteiger partial charge in [0, 0.05) is 22.2 Å². The predicted octanol–water partition coefficient (Wildman–Crippen LogP) is 4.01. The van der Waals surface area contributed by atoms with Crippen LogP contribution in [0.1, 0.15) is 32.6 Å². The van der Waals surface area contributed by atoms with E-state index in [-0.39, 0.29) is 5.91 Å². The third-order valence-electron chi connectivity index (χ3n) is 4.04. The smallest absolute Gasteiger partial charge is 0.250 e. The van der Waals surface area contributed by atoms with Crippen molar-refractivity contribution in [2.24, 2.45) is 11.0 Å². The number of hydrogen-bond acceptors (Lipinski definition) is 4. The molecule has 0 spiro atoms. The van der Waals surface area contributed by atoms with E-state index in [1.807, 2.05) is 30.3 Å². The standard InChI is InChI=1S/C18H21N3OS/c1-13-5-2-8-15(11-13)20-21-17(22)12-23-16-9-3-6-14-7-4-10-19-18(14)16/h3-4,6-7,9-10,13H,2,5,8,11-12H2,1H3,(H,21,22)/b20-15-/t13-/m1/s1. The molecule has 1 aliphatic carbocycles. The molecule has 1 aromatic carbocycles. The van der Waals surface area contributed by atoms with E-state index in [9.17, 15) is 4.79 Å². The molecule has 5 heteroatoms. The maximum atomic E-state index is 12.0. The van der Waals surface area contributed by atoms with Crippen LogP contribution in [-0.2, 0) is 4.79 Å². The van der Waals surface area contributed by atoms with Gasteiger partial charge in [0.25, 0.3) is 0 Å². The summed E-state index contributed by atoms with van der Waals surface area (Å²) in [5, 5.41) is 5.39. The lowest BCUT2D eigenvalue weighted by molar-refractivity contribution is -0.118. The summed E-state index contributed by atoms with van der Waals surface area (Å²) in [5.41, 5.74) is 4.76. The highest BCUT2D eigenvalue weighted by atomic mass is 32.2. The number of nitrogens with one attached hydrogen (secondary N) is 1. The van der Waals surface area contributed by atoms with Gasteiger partial charge in [-0.15, -0.1) is 11.8 Å². The number of rotatable bonds is 4. The number of aromatic nitrogens is 1. The summed E-state index contributed by atoms with van der Waals surface area (Å²) in [4.78, 5) is 17.4. The van der Waals surface area contributed by atoms with E-state index < -0.39 is 0 Å². The zero-order chi connectivity index (χ0) is 16.1. The van der Waals surface area contributed by atoms with Gasteiger partial charge in [0.1, 0.15) is 0 Å². The van der Waals surface area contributed by atoms with Crippen molar-refractivity contribution in [1.82, 2.24) is 10.4 Å². The first-order valence-electron chi connectivity index (χ1n) is 8.03. The second kappa shape index (κ2) is 7.59. The fourth-order valence-electron chi connectivity index (χ4n) is 2.87. The lowest BCUT2D eigenvalue weighted by atomic mass is 9.89. The molecule has 1 saturated carbocycles. The van der Waals surface area contributed by atoms with Crippen molar-refractivity contribution in [2.45, 2.75) is 37.5 Å². The number of carbonyl (C=O) groups excluding carboxylic acids is 1. The molecule has 1 atom stereocenters. The number of para-hydroxylation sites is 1. The largest absolute Gasteiger partial charge is 0.272 e. The summed E-state index contributed by atoms with van der Waals surface area (Å²) in [6, 6.07) is 9.98. The van der Waals surface area contributed by atoms with Crippen LogP contribution in [0.4, 0.5) is 0 Å². The first kappa shape index (κ1) is 16.0. The molecule has 0 aliphatic heterocycles. The fourth-order valence-corrected chi connectivity index (χ4v) is 3.71. The Morgan fingerprint density at radius 2 is 2.26 bits per heavy atom. The quantitative estimate of drug-likeness (QED) is 0.682. The molecular formula is C18H21N3OS. The highest BCUT2D eigenvalue weighted by Crippen LogP contribution is 2.26. The van der Waals surface area contributed by atoms with Crippen molar-refractivity contribution in [2.75, 3.05) is 5.75 Å². The third-order valence-corrected chi connectivity index (χ3v) is 5.09. The summed E-state index contributed by atoms with van der Waals surface area (Å²) in [5.74, 6) is 0.964. The highest BCUT2D eigenvalue weighted by Gasteiger charge is 2.14. The van der Waals surface area contributed by atoms with Crippen molar-refractivity contribution < 1.29 is 4.79 Å². The maximum absolute atomic E-state index is 12.0. The molecule has 1 fully saturated rings. The predicted molar refractivity (Wildman–Crippen MR) is 95.7 cm³/mol. The topological polar surface area (TPSA) is 54.4 Å². The fraction of sp³-hybridized carbons (Fsp3) is 0.389. The number of hydrazone groups is 1. The van der Waals surface area contributed by atoms with Crippen LogP contribution >= 0.6 is 11.8 Å². The van der Waals surface area contributed by atoms with Crippen LogP contribution in [0.3, 0.4) is 0 Å². The summed E-state index contributed by atoms with van der Waals surface area (Å²) in [7, 11) is 0. The highest BCUT2D eigenvalue weighted by molar-refractivity contribution is 8.00. The third kappa shape index (κ3) is 4.32. The van der Waals surface area contributed by atoms with Gasteiger partial charge in [-0.3, -0.25) is 9.78 Å². The minimum atomic E-state index is -0.0614. The zero-order valence-electron chi connectivity index (χ0n) is 13.3. The second-order valence-corrected chi connectivity index (χ2v) is 7.05. The average molecular weight is 327 g/mol. The molecule has 1 N–H and O–H groups in total. The zero-order valence-corrected chi connectivity index (χ0v) is 14.1. The van der Waals surface area contributed by atoms with Gasteiger partial charge in [0.15, 0.2) is 0 Å². The van der Waals surface area contributed by atoms with Gasteiger partial charge in [0.2, 0.25) is 5.91 Å². The van der Waals surface area contributed by atoms with Crippen LogP contribution in [0, 0.1) is 5.92 Å². The molecule has 3 rings (SSSR count). The number of pyridine rings is 1. The summed E-state index contributed by atoms with van der Waals surface area (Å²) in [6.07, 6.45) is 6.22. The summed E-state index contributed by atoms with van der Waals surface area (Å²) < 4.78 is 0. The van der Waals surface area contributed by atoms with Crippen LogP contribution in [-0.4, -0.2) is 22.4 Å². The number of thioether (sulfide) groups is 1. The molecular weight excluding hydrogens is 306 g/mol. The second-order valence-electron chi connectivity index (χ2n) is 6.03. The van der Waals surface area contributed by atoms with Crippen LogP contribution in [0.2, 0.25) is 0 Å². The molecule has 23 heavy (non-hydrogen) atoms. The Morgan fingerprint density at radius 1 is 1.39 bits per heavy atom. The number of hydrogen-bond donors (Lipinski definition) is 1. The first-order valence-corrected chi connectivity index (χ1v) is 9.02. The molecule has 0 unspecified atom stereocenters. The summed E-state index contributed by atoms with van der Waals surface area (Å²) >= 11 is 1.50. The molecule has 1 heterocycles. The van der Waals surface area contributed by atoms with E-state index in [4.69, 9.17) is 0 Å². The molecule has 1 amide bonds. The number of benzene rings is 1. The van der Waals surface area contributed by atoms with Crippen LogP contribution in [0.25, 0.3) is 10.9 Å². The van der Waals surface area contributed by atoms with E-state index >= 15 is 0 Å². The van der Waals surface area contributed by atoms with Gasteiger partial charge in [-0.1, -0.05) is 25.1 Å². The van der Waals surface area contributed by atoms with E-state index in [2.05, 4.69) is 22.4 Å². The number of nitrogens with zero attached hydrogens (tertiary/aromatic N) is 2. The van der Waals surface area contributed by atoms with Gasteiger partial charge in [-0.25, -0.2) is 5.43 Å². The van der Waals surface area contributed by atoms with Crippen molar-refractivity contribution in [1.29, 1.82) is 0 Å². The van der Waals surface area contributed by atoms with Gasteiger partial charge in [0.05, 0.1) is 11.3 Å². The molecule has 120 valence electrons. The molecule has 2 aromatic rings. The molecule has 1 aromatic heterocycles. The van der Waals surface area contributed by atoms with Crippen LogP contribution in [0.5, 0.6) is 0 Å². The van der Waals surface area contributed by atoms with E-state index in [1.54, 1.807) is 6.20 Å². The number of carbonyl (C=O) groups is 1. The van der Waals surface area contributed by atoms with Crippen molar-refractivity contribution in [3.05, 3.63) is 36.5 Å².